The Morgan fingerprint density at radius 1 is 1.60 bits per heavy atom. The van der Waals surface area contributed by atoms with Crippen LogP contribution in [0.25, 0.3) is 0 Å². The van der Waals surface area contributed by atoms with Crippen LogP contribution in [-0.4, -0.2) is 16.3 Å². The van der Waals surface area contributed by atoms with Crippen molar-refractivity contribution in [1.82, 2.24) is 0 Å². The SMILES string of the molecule is N[C@@]1(O[N+](=O)[O-])c2ccccc2C[C@@H]1O. The number of fused-ring (bicyclic) bond motifs is 1. The fourth-order valence-corrected chi connectivity index (χ4v) is 1.85. The van der Waals surface area contributed by atoms with E-state index >= 15 is 0 Å². The third-order valence-electron chi connectivity index (χ3n) is 2.57. The number of aliphatic hydroxyl groups excluding tert-OH is 1. The van der Waals surface area contributed by atoms with Crippen molar-refractivity contribution in [3.63, 3.8) is 0 Å². The summed E-state index contributed by atoms with van der Waals surface area (Å²) in [5.74, 6) is 0. The van der Waals surface area contributed by atoms with Crippen LogP contribution in [0.5, 0.6) is 0 Å². The van der Waals surface area contributed by atoms with Gasteiger partial charge in [-0.3, -0.25) is 10.6 Å². The van der Waals surface area contributed by atoms with Crippen LogP contribution < -0.4 is 5.73 Å². The molecule has 1 aromatic carbocycles. The molecule has 0 aliphatic heterocycles. The first kappa shape index (κ1) is 9.88. The van der Waals surface area contributed by atoms with Gasteiger partial charge in [-0.25, -0.2) is 0 Å². The molecule has 15 heavy (non-hydrogen) atoms. The van der Waals surface area contributed by atoms with Crippen LogP contribution in [-0.2, 0) is 17.0 Å². The lowest BCUT2D eigenvalue weighted by molar-refractivity contribution is -0.787. The highest BCUT2D eigenvalue weighted by molar-refractivity contribution is 5.38. The highest BCUT2D eigenvalue weighted by atomic mass is 17.0. The van der Waals surface area contributed by atoms with Gasteiger partial charge in [-0.2, -0.15) is 0 Å². The Labute approximate surface area is 85.4 Å². The number of hydrogen-bond acceptors (Lipinski definition) is 5. The Hall–Kier alpha value is -1.66. The summed E-state index contributed by atoms with van der Waals surface area (Å²) in [5, 5.41) is 19.0. The van der Waals surface area contributed by atoms with Crippen molar-refractivity contribution >= 4 is 0 Å². The minimum absolute atomic E-state index is 0.264. The molecule has 1 aliphatic rings. The maximum atomic E-state index is 10.3. The first-order valence-electron chi connectivity index (χ1n) is 4.43. The van der Waals surface area contributed by atoms with E-state index in [1.807, 2.05) is 0 Å². The van der Waals surface area contributed by atoms with Crippen LogP contribution in [0.4, 0.5) is 0 Å². The summed E-state index contributed by atoms with van der Waals surface area (Å²) in [6.45, 7) is 0. The number of nitrogens with zero attached hydrogens (tertiary/aromatic N) is 1. The van der Waals surface area contributed by atoms with Crippen LogP contribution in [0.15, 0.2) is 24.3 Å². The summed E-state index contributed by atoms with van der Waals surface area (Å²) < 4.78 is 0. The zero-order chi connectivity index (χ0) is 11.1. The van der Waals surface area contributed by atoms with E-state index in [-0.39, 0.29) is 6.42 Å². The van der Waals surface area contributed by atoms with Crippen LogP contribution in [0.1, 0.15) is 11.1 Å². The molecule has 0 heterocycles. The second-order valence-corrected chi connectivity index (χ2v) is 3.49. The maximum absolute atomic E-state index is 10.3. The molecule has 80 valence electrons. The molecule has 1 aliphatic carbocycles. The van der Waals surface area contributed by atoms with Gasteiger partial charge in [-0.1, -0.05) is 24.3 Å². The Bertz CT molecular complexity index is 409. The second-order valence-electron chi connectivity index (χ2n) is 3.49. The van der Waals surface area contributed by atoms with Gasteiger partial charge in [0.2, 0.25) is 5.72 Å². The van der Waals surface area contributed by atoms with E-state index in [0.29, 0.717) is 5.56 Å². The third-order valence-corrected chi connectivity index (χ3v) is 2.57. The minimum atomic E-state index is -1.74. The maximum Gasteiger partial charge on any atom is 0.296 e. The Morgan fingerprint density at radius 3 is 2.93 bits per heavy atom. The first-order valence-corrected chi connectivity index (χ1v) is 4.43. The monoisotopic (exact) mass is 210 g/mol. The fraction of sp³-hybridized carbons (Fsp3) is 0.333. The van der Waals surface area contributed by atoms with Gasteiger partial charge in [-0.15, -0.1) is 10.1 Å². The molecule has 2 atom stereocenters. The lowest BCUT2D eigenvalue weighted by Gasteiger charge is -2.26. The molecule has 0 bridgehead atoms. The quantitative estimate of drug-likeness (QED) is 0.404. The minimum Gasteiger partial charge on any atom is -0.388 e. The lowest BCUT2D eigenvalue weighted by atomic mass is 10.1. The van der Waals surface area contributed by atoms with Crippen molar-refractivity contribution in [2.45, 2.75) is 18.2 Å². The van der Waals surface area contributed by atoms with E-state index in [1.165, 1.54) is 0 Å². The van der Waals surface area contributed by atoms with Gasteiger partial charge in [-0.05, 0) is 5.56 Å². The number of rotatable bonds is 2. The molecule has 0 spiro atoms. The molecule has 6 nitrogen and oxygen atoms in total. The summed E-state index contributed by atoms with van der Waals surface area (Å²) in [7, 11) is 0. The van der Waals surface area contributed by atoms with E-state index in [9.17, 15) is 15.2 Å². The van der Waals surface area contributed by atoms with Gasteiger partial charge in [0.05, 0.1) is 0 Å². The molecule has 0 aromatic heterocycles. The molecule has 0 saturated carbocycles. The topological polar surface area (TPSA) is 98.6 Å². The van der Waals surface area contributed by atoms with Crippen LogP contribution in [0.2, 0.25) is 0 Å². The van der Waals surface area contributed by atoms with E-state index in [2.05, 4.69) is 4.84 Å². The number of nitrogens with two attached hydrogens (primary N) is 1. The summed E-state index contributed by atoms with van der Waals surface area (Å²) in [5.41, 5.74) is 5.20. The predicted molar refractivity (Wildman–Crippen MR) is 50.1 cm³/mol. The molecule has 2 rings (SSSR count). The van der Waals surface area contributed by atoms with Gasteiger partial charge < -0.3 is 5.11 Å². The lowest BCUT2D eigenvalue weighted by Crippen LogP contribution is -2.48. The highest BCUT2D eigenvalue weighted by Gasteiger charge is 2.46. The molecular weight excluding hydrogens is 200 g/mol. The zero-order valence-corrected chi connectivity index (χ0v) is 7.79. The van der Waals surface area contributed by atoms with Crippen LogP contribution >= 0.6 is 0 Å². The Morgan fingerprint density at radius 2 is 2.27 bits per heavy atom. The predicted octanol–water partition coefficient (Wildman–Crippen LogP) is -0.0766. The van der Waals surface area contributed by atoms with Crippen molar-refractivity contribution in [2.75, 3.05) is 0 Å². The fourth-order valence-electron chi connectivity index (χ4n) is 1.85. The first-order chi connectivity index (χ1) is 7.04. The Balaban J connectivity index is 2.44. The van der Waals surface area contributed by atoms with Crippen molar-refractivity contribution in [3.8, 4) is 0 Å². The normalized spacial score (nSPS) is 28.5. The molecule has 0 amide bonds. The third kappa shape index (κ3) is 1.43. The molecule has 0 radical (unpaired) electrons. The smallest absolute Gasteiger partial charge is 0.296 e. The largest absolute Gasteiger partial charge is 0.388 e. The summed E-state index contributed by atoms with van der Waals surface area (Å²) in [6.07, 6.45) is -0.833. The van der Waals surface area contributed by atoms with Gasteiger partial charge in [0.25, 0.3) is 5.09 Å². The summed E-state index contributed by atoms with van der Waals surface area (Å²) in [4.78, 5) is 14.7. The van der Waals surface area contributed by atoms with Crippen molar-refractivity contribution in [2.24, 2.45) is 5.73 Å². The van der Waals surface area contributed by atoms with Crippen LogP contribution in [0.3, 0.4) is 0 Å². The molecule has 0 unspecified atom stereocenters. The molecule has 0 saturated heterocycles. The van der Waals surface area contributed by atoms with Gasteiger partial charge in [0, 0.05) is 12.0 Å². The van der Waals surface area contributed by atoms with E-state index < -0.39 is 16.9 Å². The average Bonchev–Trinajstić information content (AvgIpc) is 2.39. The standard InChI is InChI=1S/C9H10N2O4/c10-9(15-11(13)14)7-4-2-1-3-6(7)5-8(9)12/h1-4,8,12H,5,10H2/t8-,9+/m0/s1. The van der Waals surface area contributed by atoms with Crippen LogP contribution in [0, 0.1) is 10.1 Å². The van der Waals surface area contributed by atoms with Gasteiger partial charge in [0.1, 0.15) is 6.10 Å². The van der Waals surface area contributed by atoms with Crippen molar-refractivity contribution in [1.29, 1.82) is 0 Å². The number of aliphatic hydroxyl groups is 1. The molecule has 1 aromatic rings. The molecule has 3 N–H and O–H groups in total. The highest BCUT2D eigenvalue weighted by Crippen LogP contribution is 2.35. The zero-order valence-electron chi connectivity index (χ0n) is 7.79. The van der Waals surface area contributed by atoms with E-state index in [0.717, 1.165) is 5.56 Å². The Kier molecular flexibility index (Phi) is 2.09. The van der Waals surface area contributed by atoms with E-state index in [4.69, 9.17) is 5.73 Å². The van der Waals surface area contributed by atoms with Crippen molar-refractivity contribution in [3.05, 3.63) is 45.5 Å². The van der Waals surface area contributed by atoms with Gasteiger partial charge in [0.15, 0.2) is 0 Å². The molecule has 0 fully saturated rings. The summed E-state index contributed by atoms with van der Waals surface area (Å²) >= 11 is 0. The number of hydrogen-bond donors (Lipinski definition) is 2. The number of benzene rings is 1. The molecular formula is C9H10N2O4. The average molecular weight is 210 g/mol. The molecule has 6 heteroatoms. The second kappa shape index (κ2) is 3.18. The van der Waals surface area contributed by atoms with Crippen molar-refractivity contribution < 1.29 is 15.0 Å². The van der Waals surface area contributed by atoms with E-state index in [1.54, 1.807) is 24.3 Å². The summed E-state index contributed by atoms with van der Waals surface area (Å²) in [6, 6.07) is 6.86. The van der Waals surface area contributed by atoms with Gasteiger partial charge >= 0.3 is 0 Å².